The van der Waals surface area contributed by atoms with Gasteiger partial charge in [-0.2, -0.15) is 0 Å². The van der Waals surface area contributed by atoms with Crippen molar-refractivity contribution >= 4 is 9.84 Å². The Kier molecular flexibility index (Phi) is 3.73. The lowest BCUT2D eigenvalue weighted by atomic mass is 9.96. The molecule has 0 bridgehead atoms. The van der Waals surface area contributed by atoms with Crippen LogP contribution >= 0.6 is 0 Å². The minimum Gasteiger partial charge on any atom is -0.310 e. The van der Waals surface area contributed by atoms with Crippen LogP contribution in [0.5, 0.6) is 0 Å². The largest absolute Gasteiger partial charge is 0.310 e. The lowest BCUT2D eigenvalue weighted by molar-refractivity contribution is 0.399. The van der Waals surface area contributed by atoms with Gasteiger partial charge in [0.05, 0.1) is 4.90 Å². The van der Waals surface area contributed by atoms with Crippen LogP contribution in [0.15, 0.2) is 17.0 Å². The Morgan fingerprint density at radius 3 is 2.61 bits per heavy atom. The van der Waals surface area contributed by atoms with Crippen molar-refractivity contribution in [2.75, 3.05) is 12.8 Å². The standard InChI is InChI=1S/C13H18FNO2S/c1-9-7-11(14)10(8-13(9)18(2,16)17)12-5-3-4-6-15-12/h7-8,12,15H,3-6H2,1-2H3. The first-order valence-electron chi connectivity index (χ1n) is 6.13. The van der Waals surface area contributed by atoms with Crippen molar-refractivity contribution in [2.24, 2.45) is 0 Å². The Bertz CT molecular complexity index is 548. The summed E-state index contributed by atoms with van der Waals surface area (Å²) in [6, 6.07) is 2.74. The molecule has 0 aromatic heterocycles. The van der Waals surface area contributed by atoms with E-state index in [2.05, 4.69) is 5.32 Å². The zero-order valence-electron chi connectivity index (χ0n) is 10.7. The number of sulfone groups is 1. The molecule has 1 aliphatic rings. The molecule has 1 atom stereocenters. The van der Waals surface area contributed by atoms with Gasteiger partial charge in [-0.05, 0) is 44.0 Å². The summed E-state index contributed by atoms with van der Waals surface area (Å²) in [5, 5.41) is 3.24. The lowest BCUT2D eigenvalue weighted by Crippen LogP contribution is -2.27. The van der Waals surface area contributed by atoms with Crippen LogP contribution in [0.2, 0.25) is 0 Å². The first-order valence-corrected chi connectivity index (χ1v) is 8.02. The lowest BCUT2D eigenvalue weighted by Gasteiger charge is -2.25. The van der Waals surface area contributed by atoms with Gasteiger partial charge in [0.1, 0.15) is 5.82 Å². The van der Waals surface area contributed by atoms with Gasteiger partial charge in [-0.1, -0.05) is 6.42 Å². The van der Waals surface area contributed by atoms with E-state index in [0.29, 0.717) is 11.1 Å². The third-order valence-electron chi connectivity index (χ3n) is 3.38. The zero-order chi connectivity index (χ0) is 13.3. The summed E-state index contributed by atoms with van der Waals surface area (Å²) in [5.74, 6) is -0.320. The van der Waals surface area contributed by atoms with Crippen LogP contribution in [0.25, 0.3) is 0 Å². The van der Waals surface area contributed by atoms with E-state index in [9.17, 15) is 12.8 Å². The summed E-state index contributed by atoms with van der Waals surface area (Å²) in [6.45, 7) is 2.48. The van der Waals surface area contributed by atoms with Gasteiger partial charge in [-0.15, -0.1) is 0 Å². The molecule has 0 amide bonds. The summed E-state index contributed by atoms with van der Waals surface area (Å²) in [5.41, 5.74) is 0.940. The van der Waals surface area contributed by atoms with Crippen LogP contribution in [0.3, 0.4) is 0 Å². The highest BCUT2D eigenvalue weighted by molar-refractivity contribution is 7.90. The molecule has 0 spiro atoms. The van der Waals surface area contributed by atoms with Crippen molar-refractivity contribution in [2.45, 2.75) is 37.1 Å². The number of benzene rings is 1. The van der Waals surface area contributed by atoms with Gasteiger partial charge in [0.2, 0.25) is 0 Å². The maximum absolute atomic E-state index is 14.0. The molecule has 1 aromatic rings. The third-order valence-corrected chi connectivity index (χ3v) is 4.62. The predicted octanol–water partition coefficient (Wildman–Crippen LogP) is 2.35. The molecular weight excluding hydrogens is 253 g/mol. The Morgan fingerprint density at radius 2 is 2.06 bits per heavy atom. The van der Waals surface area contributed by atoms with E-state index in [0.717, 1.165) is 32.1 Å². The Labute approximate surface area is 107 Å². The SMILES string of the molecule is Cc1cc(F)c(C2CCCCN2)cc1S(C)(=O)=O. The van der Waals surface area contributed by atoms with Crippen LogP contribution in [0.4, 0.5) is 4.39 Å². The predicted molar refractivity (Wildman–Crippen MR) is 68.8 cm³/mol. The van der Waals surface area contributed by atoms with E-state index in [-0.39, 0.29) is 16.8 Å². The van der Waals surface area contributed by atoms with Crippen molar-refractivity contribution in [3.63, 3.8) is 0 Å². The molecule has 1 unspecified atom stereocenters. The van der Waals surface area contributed by atoms with Gasteiger partial charge < -0.3 is 5.32 Å². The maximum Gasteiger partial charge on any atom is 0.175 e. The van der Waals surface area contributed by atoms with Crippen molar-refractivity contribution in [1.82, 2.24) is 5.32 Å². The number of hydrogen-bond acceptors (Lipinski definition) is 3. The maximum atomic E-state index is 14.0. The molecule has 0 radical (unpaired) electrons. The number of aryl methyl sites for hydroxylation is 1. The van der Waals surface area contributed by atoms with Crippen molar-refractivity contribution in [1.29, 1.82) is 0 Å². The molecule has 18 heavy (non-hydrogen) atoms. The molecule has 2 rings (SSSR count). The van der Waals surface area contributed by atoms with Crippen LogP contribution < -0.4 is 5.32 Å². The van der Waals surface area contributed by atoms with Crippen molar-refractivity contribution in [3.8, 4) is 0 Å². The smallest absolute Gasteiger partial charge is 0.175 e. The number of piperidine rings is 1. The second-order valence-corrected chi connectivity index (χ2v) is 6.90. The van der Waals surface area contributed by atoms with E-state index in [1.165, 1.54) is 12.1 Å². The zero-order valence-corrected chi connectivity index (χ0v) is 11.5. The molecule has 3 nitrogen and oxygen atoms in total. The third kappa shape index (κ3) is 2.72. The minimum absolute atomic E-state index is 0.0696. The summed E-state index contributed by atoms with van der Waals surface area (Å²) in [7, 11) is -3.31. The van der Waals surface area contributed by atoms with Gasteiger partial charge in [-0.25, -0.2) is 12.8 Å². The summed E-state index contributed by atoms with van der Waals surface area (Å²) in [6.07, 6.45) is 4.14. The Balaban J connectivity index is 2.47. The molecule has 1 fully saturated rings. The van der Waals surface area contributed by atoms with E-state index in [1.807, 2.05) is 0 Å². The van der Waals surface area contributed by atoms with Gasteiger partial charge in [-0.3, -0.25) is 0 Å². The van der Waals surface area contributed by atoms with E-state index >= 15 is 0 Å². The molecule has 1 N–H and O–H groups in total. The fourth-order valence-electron chi connectivity index (χ4n) is 2.45. The summed E-state index contributed by atoms with van der Waals surface area (Å²) >= 11 is 0. The van der Waals surface area contributed by atoms with Gasteiger partial charge in [0.25, 0.3) is 0 Å². The number of halogens is 1. The highest BCUT2D eigenvalue weighted by atomic mass is 32.2. The Morgan fingerprint density at radius 1 is 1.33 bits per heavy atom. The van der Waals surface area contributed by atoms with Crippen molar-refractivity contribution in [3.05, 3.63) is 29.1 Å². The molecule has 1 aliphatic heterocycles. The highest BCUT2D eigenvalue weighted by Gasteiger charge is 2.22. The van der Waals surface area contributed by atoms with Gasteiger partial charge in [0, 0.05) is 17.9 Å². The van der Waals surface area contributed by atoms with Gasteiger partial charge >= 0.3 is 0 Å². The van der Waals surface area contributed by atoms with Crippen molar-refractivity contribution < 1.29 is 12.8 Å². The monoisotopic (exact) mass is 271 g/mol. The van der Waals surface area contributed by atoms with Gasteiger partial charge in [0.15, 0.2) is 9.84 Å². The Hall–Kier alpha value is -0.940. The van der Waals surface area contributed by atoms with E-state index < -0.39 is 9.84 Å². The molecule has 0 aliphatic carbocycles. The first-order chi connectivity index (χ1) is 8.39. The molecule has 1 heterocycles. The van der Waals surface area contributed by atoms with Crippen LogP contribution in [-0.2, 0) is 9.84 Å². The fraction of sp³-hybridized carbons (Fsp3) is 0.538. The van der Waals surface area contributed by atoms with Crippen LogP contribution in [0, 0.1) is 12.7 Å². The number of nitrogens with one attached hydrogen (secondary N) is 1. The molecule has 1 aromatic carbocycles. The fourth-order valence-corrected chi connectivity index (χ4v) is 3.44. The minimum atomic E-state index is -3.31. The normalized spacial score (nSPS) is 20.9. The molecule has 1 saturated heterocycles. The summed E-state index contributed by atoms with van der Waals surface area (Å²) < 4.78 is 37.3. The summed E-state index contributed by atoms with van der Waals surface area (Å²) in [4.78, 5) is 0.228. The second-order valence-electron chi connectivity index (χ2n) is 4.91. The van der Waals surface area contributed by atoms with E-state index in [4.69, 9.17) is 0 Å². The molecule has 100 valence electrons. The van der Waals surface area contributed by atoms with E-state index in [1.54, 1.807) is 6.92 Å². The molecular formula is C13H18FNO2S. The highest BCUT2D eigenvalue weighted by Crippen LogP contribution is 2.29. The second kappa shape index (κ2) is 4.97. The number of hydrogen-bond donors (Lipinski definition) is 1. The average molecular weight is 271 g/mol. The van der Waals surface area contributed by atoms with Crippen LogP contribution in [0.1, 0.15) is 36.4 Å². The molecule has 5 heteroatoms. The number of rotatable bonds is 2. The first kappa shape index (κ1) is 13.5. The molecule has 0 saturated carbocycles. The average Bonchev–Trinajstić information content (AvgIpc) is 2.28. The topological polar surface area (TPSA) is 46.2 Å². The quantitative estimate of drug-likeness (QED) is 0.840. The van der Waals surface area contributed by atoms with Crippen LogP contribution in [-0.4, -0.2) is 21.2 Å².